The van der Waals surface area contributed by atoms with Crippen LogP contribution in [0.25, 0.3) is 6.08 Å². The van der Waals surface area contributed by atoms with Crippen LogP contribution in [0.5, 0.6) is 0 Å². The Morgan fingerprint density at radius 1 is 1.12 bits per heavy atom. The number of anilines is 1. The van der Waals surface area contributed by atoms with Crippen molar-refractivity contribution >= 4 is 46.2 Å². The molecule has 0 saturated carbocycles. The maximum atomic E-state index is 12.7. The number of thiocarbonyl (C=S) groups is 1. The lowest BCUT2D eigenvalue weighted by Crippen LogP contribution is -2.35. The van der Waals surface area contributed by atoms with E-state index in [1.54, 1.807) is 11.0 Å². The molecule has 26 heavy (non-hydrogen) atoms. The minimum Gasteiger partial charge on any atom is -0.441 e. The maximum Gasteiger partial charge on any atom is 0.266 e. The van der Waals surface area contributed by atoms with Crippen molar-refractivity contribution in [2.75, 3.05) is 31.2 Å². The van der Waals surface area contributed by atoms with E-state index < -0.39 is 0 Å². The van der Waals surface area contributed by atoms with E-state index in [0.717, 1.165) is 24.5 Å². The zero-order valence-corrected chi connectivity index (χ0v) is 15.7. The molecule has 3 heterocycles. The lowest BCUT2D eigenvalue weighted by molar-refractivity contribution is -0.122. The number of rotatable bonds is 4. The molecular weight excluding hydrogens is 368 g/mol. The first kappa shape index (κ1) is 17.3. The normalized spacial score (nSPS) is 19.6. The molecule has 2 aliphatic heterocycles. The molecule has 0 spiro atoms. The number of hydrogen-bond acceptors (Lipinski definition) is 6. The van der Waals surface area contributed by atoms with Crippen LogP contribution in [0.4, 0.5) is 5.88 Å². The van der Waals surface area contributed by atoms with Gasteiger partial charge in [0.25, 0.3) is 5.91 Å². The Labute approximate surface area is 161 Å². The molecule has 0 N–H and O–H groups in total. The van der Waals surface area contributed by atoms with Crippen LogP contribution in [0, 0.1) is 0 Å². The monoisotopic (exact) mass is 386 g/mol. The molecule has 2 saturated heterocycles. The Kier molecular flexibility index (Phi) is 5.10. The van der Waals surface area contributed by atoms with Gasteiger partial charge in [0, 0.05) is 25.2 Å². The number of carbonyl (C=O) groups excluding carboxylic acids is 1. The summed E-state index contributed by atoms with van der Waals surface area (Å²) in [6, 6.07) is 13.7. The topological polar surface area (TPSA) is 45.9 Å². The lowest BCUT2D eigenvalue weighted by Gasteiger charge is -2.26. The average Bonchev–Trinajstić information content (AvgIpc) is 3.24. The number of benzene rings is 1. The fourth-order valence-electron chi connectivity index (χ4n) is 2.90. The van der Waals surface area contributed by atoms with E-state index in [-0.39, 0.29) is 5.91 Å². The summed E-state index contributed by atoms with van der Waals surface area (Å²) in [4.78, 5) is 17.1. The second-order valence-corrected chi connectivity index (χ2v) is 7.70. The van der Waals surface area contributed by atoms with Gasteiger partial charge in [-0.15, -0.1) is 0 Å². The van der Waals surface area contributed by atoms with E-state index in [4.69, 9.17) is 21.4 Å². The Bertz CT molecular complexity index is 841. The standard InChI is InChI=1S/C19H18N2O3S2/c22-18-16(26-19(25)21(18)13-14-4-2-1-3-5-14)12-15-6-7-17(24-15)20-8-10-23-11-9-20/h1-7,12H,8-11,13H2/b16-12+. The molecule has 0 atom stereocenters. The zero-order valence-electron chi connectivity index (χ0n) is 14.1. The fourth-order valence-corrected chi connectivity index (χ4v) is 4.14. The van der Waals surface area contributed by atoms with Crippen LogP contribution in [-0.2, 0) is 16.1 Å². The van der Waals surface area contributed by atoms with Gasteiger partial charge in [0.15, 0.2) is 5.88 Å². The number of nitrogens with zero attached hydrogens (tertiary/aromatic N) is 2. The molecule has 2 aliphatic rings. The summed E-state index contributed by atoms with van der Waals surface area (Å²) in [5.74, 6) is 1.39. The van der Waals surface area contributed by atoms with Crippen molar-refractivity contribution < 1.29 is 13.9 Å². The number of thioether (sulfide) groups is 1. The second kappa shape index (κ2) is 7.65. The predicted octanol–water partition coefficient (Wildman–Crippen LogP) is 3.52. The van der Waals surface area contributed by atoms with E-state index in [1.165, 1.54) is 11.8 Å². The van der Waals surface area contributed by atoms with Crippen LogP contribution in [-0.4, -0.2) is 41.4 Å². The first-order valence-electron chi connectivity index (χ1n) is 8.42. The number of amides is 1. The minimum atomic E-state index is -0.0758. The molecule has 134 valence electrons. The quantitative estimate of drug-likeness (QED) is 0.592. The van der Waals surface area contributed by atoms with E-state index in [1.807, 2.05) is 42.5 Å². The smallest absolute Gasteiger partial charge is 0.266 e. The number of hydrogen-bond donors (Lipinski definition) is 0. The van der Waals surface area contributed by atoms with Gasteiger partial charge >= 0.3 is 0 Å². The molecule has 1 aromatic carbocycles. The van der Waals surface area contributed by atoms with Crippen LogP contribution in [0.2, 0.25) is 0 Å². The highest BCUT2D eigenvalue weighted by atomic mass is 32.2. The summed E-state index contributed by atoms with van der Waals surface area (Å²) >= 11 is 6.71. The minimum absolute atomic E-state index is 0.0758. The van der Waals surface area contributed by atoms with Gasteiger partial charge in [-0.3, -0.25) is 9.69 Å². The number of furan rings is 1. The molecule has 2 fully saturated rings. The van der Waals surface area contributed by atoms with Gasteiger partial charge in [-0.25, -0.2) is 0 Å². The van der Waals surface area contributed by atoms with Gasteiger partial charge in [0.05, 0.1) is 24.7 Å². The van der Waals surface area contributed by atoms with Crippen molar-refractivity contribution in [3.8, 4) is 0 Å². The summed E-state index contributed by atoms with van der Waals surface area (Å²) in [5, 5.41) is 0. The molecule has 2 aromatic rings. The predicted molar refractivity (Wildman–Crippen MR) is 107 cm³/mol. The third-order valence-corrected chi connectivity index (χ3v) is 5.64. The van der Waals surface area contributed by atoms with Crippen LogP contribution >= 0.6 is 24.0 Å². The Morgan fingerprint density at radius 2 is 1.88 bits per heavy atom. The lowest BCUT2D eigenvalue weighted by atomic mass is 10.2. The van der Waals surface area contributed by atoms with Crippen molar-refractivity contribution in [3.63, 3.8) is 0 Å². The summed E-state index contributed by atoms with van der Waals surface area (Å²) < 4.78 is 11.8. The second-order valence-electron chi connectivity index (χ2n) is 6.03. The average molecular weight is 386 g/mol. The summed E-state index contributed by atoms with van der Waals surface area (Å²) in [7, 11) is 0. The first-order valence-corrected chi connectivity index (χ1v) is 9.65. The van der Waals surface area contributed by atoms with Crippen LogP contribution in [0.3, 0.4) is 0 Å². The molecule has 0 bridgehead atoms. The maximum absolute atomic E-state index is 12.7. The summed E-state index contributed by atoms with van der Waals surface area (Å²) in [6.45, 7) is 3.51. The molecule has 0 aliphatic carbocycles. The van der Waals surface area contributed by atoms with E-state index in [2.05, 4.69) is 4.90 Å². The SMILES string of the molecule is O=C1/C(=C\c2ccc(N3CCOCC3)o2)SC(=S)N1Cc1ccccc1. The Morgan fingerprint density at radius 3 is 2.65 bits per heavy atom. The number of morpholine rings is 1. The number of carbonyl (C=O) groups is 1. The zero-order chi connectivity index (χ0) is 17.9. The fraction of sp³-hybridized carbons (Fsp3) is 0.263. The van der Waals surface area contributed by atoms with Gasteiger partial charge in [0.1, 0.15) is 10.1 Å². The summed E-state index contributed by atoms with van der Waals surface area (Å²) in [5.41, 5.74) is 1.05. The van der Waals surface area contributed by atoms with Gasteiger partial charge in [-0.2, -0.15) is 0 Å². The highest BCUT2D eigenvalue weighted by Crippen LogP contribution is 2.34. The van der Waals surface area contributed by atoms with Crippen molar-refractivity contribution in [1.29, 1.82) is 0 Å². The molecular formula is C19H18N2O3S2. The molecule has 0 radical (unpaired) electrons. The van der Waals surface area contributed by atoms with Gasteiger partial charge < -0.3 is 14.1 Å². The summed E-state index contributed by atoms with van der Waals surface area (Å²) in [6.07, 6.45) is 1.77. The molecule has 4 rings (SSSR count). The third kappa shape index (κ3) is 3.70. The molecule has 1 aromatic heterocycles. The highest BCUT2D eigenvalue weighted by molar-refractivity contribution is 8.26. The van der Waals surface area contributed by atoms with E-state index in [0.29, 0.717) is 34.7 Å². The van der Waals surface area contributed by atoms with Gasteiger partial charge in [0.2, 0.25) is 0 Å². The molecule has 0 unspecified atom stereocenters. The molecule has 1 amide bonds. The van der Waals surface area contributed by atoms with Crippen molar-refractivity contribution in [2.24, 2.45) is 0 Å². The van der Waals surface area contributed by atoms with Crippen molar-refractivity contribution in [2.45, 2.75) is 6.54 Å². The van der Waals surface area contributed by atoms with Crippen LogP contribution < -0.4 is 4.90 Å². The third-order valence-electron chi connectivity index (χ3n) is 4.27. The molecule has 5 nitrogen and oxygen atoms in total. The van der Waals surface area contributed by atoms with E-state index >= 15 is 0 Å². The van der Waals surface area contributed by atoms with Gasteiger partial charge in [-0.05, 0) is 11.6 Å². The van der Waals surface area contributed by atoms with Crippen LogP contribution in [0.1, 0.15) is 11.3 Å². The molecule has 7 heteroatoms. The number of ether oxygens (including phenoxy) is 1. The first-order chi connectivity index (χ1) is 12.7. The largest absolute Gasteiger partial charge is 0.441 e. The van der Waals surface area contributed by atoms with Crippen LogP contribution in [0.15, 0.2) is 51.8 Å². The Hall–Kier alpha value is -2.09. The highest BCUT2D eigenvalue weighted by Gasteiger charge is 2.32. The van der Waals surface area contributed by atoms with E-state index in [9.17, 15) is 4.79 Å². The van der Waals surface area contributed by atoms with Crippen molar-refractivity contribution in [3.05, 3.63) is 58.7 Å². The van der Waals surface area contributed by atoms with Crippen molar-refractivity contribution in [1.82, 2.24) is 4.90 Å². The van der Waals surface area contributed by atoms with Gasteiger partial charge in [-0.1, -0.05) is 54.3 Å². The Balaban J connectivity index is 1.48.